The van der Waals surface area contributed by atoms with E-state index in [-0.39, 0.29) is 16.2 Å². The maximum absolute atomic E-state index is 10.8. The van der Waals surface area contributed by atoms with Gasteiger partial charge in [0.2, 0.25) is 0 Å². The van der Waals surface area contributed by atoms with Gasteiger partial charge in [-0.1, -0.05) is 65.7 Å². The molecular formula is C29H50O4Si2. The Morgan fingerprint density at radius 2 is 1.63 bits per heavy atom. The van der Waals surface area contributed by atoms with Crippen LogP contribution in [0.25, 0.3) is 0 Å². The van der Waals surface area contributed by atoms with Gasteiger partial charge in [0.05, 0.1) is 19.8 Å². The molecule has 198 valence electrons. The van der Waals surface area contributed by atoms with Gasteiger partial charge in [0, 0.05) is 12.0 Å². The van der Waals surface area contributed by atoms with Crippen LogP contribution in [0.1, 0.15) is 71.6 Å². The highest BCUT2D eigenvalue weighted by molar-refractivity contribution is 6.74. The van der Waals surface area contributed by atoms with E-state index in [0.717, 1.165) is 23.3 Å². The van der Waals surface area contributed by atoms with Gasteiger partial charge in [-0.25, -0.2) is 0 Å². The van der Waals surface area contributed by atoms with E-state index in [9.17, 15) is 5.11 Å². The van der Waals surface area contributed by atoms with Gasteiger partial charge in [-0.3, -0.25) is 0 Å². The van der Waals surface area contributed by atoms with Crippen LogP contribution in [-0.4, -0.2) is 41.6 Å². The van der Waals surface area contributed by atoms with Crippen LogP contribution in [-0.2, 0) is 15.3 Å². The number of rotatable bonds is 11. The largest absolute Gasteiger partial charge is 0.496 e. The monoisotopic (exact) mass is 518 g/mol. The molecule has 0 aliphatic rings. The Balaban J connectivity index is 3.00. The molecule has 0 aromatic heterocycles. The van der Waals surface area contributed by atoms with E-state index in [1.807, 2.05) is 24.3 Å². The number of hydrogen-bond acceptors (Lipinski definition) is 4. The lowest BCUT2D eigenvalue weighted by Gasteiger charge is -2.41. The first-order valence-electron chi connectivity index (χ1n) is 12.7. The molecule has 4 nitrogen and oxygen atoms in total. The summed E-state index contributed by atoms with van der Waals surface area (Å²) in [6, 6.07) is 5.68. The van der Waals surface area contributed by atoms with Crippen molar-refractivity contribution in [3.63, 3.8) is 0 Å². The van der Waals surface area contributed by atoms with Crippen molar-refractivity contribution in [1.82, 2.24) is 0 Å². The third-order valence-electron chi connectivity index (χ3n) is 7.57. The third-order valence-corrected chi connectivity index (χ3v) is 16.6. The van der Waals surface area contributed by atoms with E-state index in [1.165, 1.54) is 0 Å². The molecule has 0 saturated carbocycles. The topological polar surface area (TPSA) is 47.9 Å². The molecule has 1 aromatic rings. The summed E-state index contributed by atoms with van der Waals surface area (Å²) < 4.78 is 18.8. The Kier molecular flexibility index (Phi) is 11.5. The SMILES string of the molecule is C=CCc1c(OC)cccc1C(O)C#CCC[C@H](CO[Si](C)(C)C(C)(C)C)O[Si](C)(C)C(C)(C)C. The highest BCUT2D eigenvalue weighted by atomic mass is 28.4. The normalized spacial score (nSPS) is 14.6. The van der Waals surface area contributed by atoms with E-state index in [0.29, 0.717) is 19.4 Å². The Bertz CT molecular complexity index is 883. The lowest BCUT2D eigenvalue weighted by molar-refractivity contribution is 0.102. The number of aliphatic hydroxyl groups excluding tert-OH is 1. The maximum Gasteiger partial charge on any atom is 0.192 e. The molecule has 0 heterocycles. The first kappa shape index (κ1) is 31.7. The summed E-state index contributed by atoms with van der Waals surface area (Å²) in [5, 5.41) is 11.1. The Morgan fingerprint density at radius 3 is 2.14 bits per heavy atom. The Labute approximate surface area is 217 Å². The van der Waals surface area contributed by atoms with Crippen molar-refractivity contribution in [2.75, 3.05) is 13.7 Å². The standard InChI is InChI=1S/C29H50O4Si2/c1-13-17-25-24(19-16-21-27(25)31-8)26(30)20-15-14-18-23(33-35(11,12)29(5,6)7)22-32-34(9,10)28(2,3)4/h13,16,19,21,23,26,30H,1,14,17-18,22H2,2-12H3/t23-,26?/m1/s1. The summed E-state index contributed by atoms with van der Waals surface area (Å²) in [5.74, 6) is 6.98. The molecule has 0 amide bonds. The lowest BCUT2D eigenvalue weighted by Crippen LogP contribution is -2.47. The second-order valence-corrected chi connectivity index (χ2v) is 21.9. The fourth-order valence-corrected chi connectivity index (χ4v) is 5.57. The molecule has 1 N–H and O–H groups in total. The lowest BCUT2D eigenvalue weighted by atomic mass is 9.98. The summed E-state index contributed by atoms with van der Waals surface area (Å²) in [5.41, 5.74) is 1.70. The molecule has 35 heavy (non-hydrogen) atoms. The molecule has 0 saturated heterocycles. The van der Waals surface area contributed by atoms with E-state index in [4.69, 9.17) is 13.6 Å². The van der Waals surface area contributed by atoms with Crippen molar-refractivity contribution in [2.24, 2.45) is 0 Å². The highest BCUT2D eigenvalue weighted by Gasteiger charge is 2.41. The zero-order chi connectivity index (χ0) is 27.1. The van der Waals surface area contributed by atoms with Crippen LogP contribution in [0.15, 0.2) is 30.9 Å². The van der Waals surface area contributed by atoms with E-state index in [1.54, 1.807) is 7.11 Å². The number of methoxy groups -OCH3 is 1. The number of benzene rings is 1. The predicted octanol–water partition coefficient (Wildman–Crippen LogP) is 7.65. The predicted molar refractivity (Wildman–Crippen MR) is 154 cm³/mol. The first-order valence-corrected chi connectivity index (χ1v) is 18.5. The van der Waals surface area contributed by atoms with Crippen LogP contribution in [0.4, 0.5) is 0 Å². The number of aliphatic hydroxyl groups is 1. The second-order valence-electron chi connectivity index (χ2n) is 12.4. The molecule has 1 unspecified atom stereocenters. The van der Waals surface area contributed by atoms with Crippen molar-refractivity contribution in [3.8, 4) is 17.6 Å². The molecule has 1 aromatic carbocycles. The van der Waals surface area contributed by atoms with Crippen LogP contribution in [0.2, 0.25) is 36.3 Å². The first-order chi connectivity index (χ1) is 16.0. The van der Waals surface area contributed by atoms with Gasteiger partial charge in [-0.05, 0) is 60.7 Å². The van der Waals surface area contributed by atoms with Crippen molar-refractivity contribution in [1.29, 1.82) is 0 Å². The quantitative estimate of drug-likeness (QED) is 0.186. The minimum absolute atomic E-state index is 0.00962. The van der Waals surface area contributed by atoms with Gasteiger partial charge in [0.1, 0.15) is 11.9 Å². The van der Waals surface area contributed by atoms with Crippen LogP contribution in [0.5, 0.6) is 5.75 Å². The molecule has 0 aliphatic heterocycles. The van der Waals surface area contributed by atoms with Crippen LogP contribution >= 0.6 is 0 Å². The van der Waals surface area contributed by atoms with E-state index in [2.05, 4.69) is 86.2 Å². The minimum atomic E-state index is -1.96. The van der Waals surface area contributed by atoms with Gasteiger partial charge < -0.3 is 18.7 Å². The number of allylic oxidation sites excluding steroid dienone is 1. The Hall–Kier alpha value is -1.37. The van der Waals surface area contributed by atoms with Gasteiger partial charge in [-0.2, -0.15) is 0 Å². The average Bonchev–Trinajstić information content (AvgIpc) is 2.73. The molecule has 1 rings (SSSR count). The Morgan fingerprint density at radius 1 is 1.03 bits per heavy atom. The highest BCUT2D eigenvalue weighted by Crippen LogP contribution is 2.39. The molecule has 0 bridgehead atoms. The van der Waals surface area contributed by atoms with Crippen molar-refractivity contribution in [3.05, 3.63) is 42.0 Å². The summed E-state index contributed by atoms with van der Waals surface area (Å²) in [4.78, 5) is 0. The summed E-state index contributed by atoms with van der Waals surface area (Å²) in [6.07, 6.45) is 2.96. The molecule has 0 spiro atoms. The molecule has 0 radical (unpaired) electrons. The average molecular weight is 519 g/mol. The smallest absolute Gasteiger partial charge is 0.192 e. The van der Waals surface area contributed by atoms with Crippen LogP contribution in [0.3, 0.4) is 0 Å². The van der Waals surface area contributed by atoms with Crippen molar-refractivity contribution >= 4 is 16.6 Å². The zero-order valence-corrected chi connectivity index (χ0v) is 26.2. The summed E-state index contributed by atoms with van der Waals surface area (Å²) >= 11 is 0. The molecule has 0 fully saturated rings. The van der Waals surface area contributed by atoms with E-state index >= 15 is 0 Å². The summed E-state index contributed by atoms with van der Waals surface area (Å²) in [6.45, 7) is 27.1. The van der Waals surface area contributed by atoms with Gasteiger partial charge >= 0.3 is 0 Å². The molecular weight excluding hydrogens is 468 g/mol. The summed E-state index contributed by atoms with van der Waals surface area (Å²) in [7, 11) is -2.20. The molecule has 2 atom stereocenters. The molecule has 0 aliphatic carbocycles. The second kappa shape index (κ2) is 12.7. The third kappa shape index (κ3) is 9.22. The molecule has 6 heteroatoms. The van der Waals surface area contributed by atoms with Crippen molar-refractivity contribution < 1.29 is 18.7 Å². The van der Waals surface area contributed by atoms with E-state index < -0.39 is 22.7 Å². The fourth-order valence-electron chi connectivity index (χ4n) is 3.16. The van der Waals surface area contributed by atoms with Crippen LogP contribution < -0.4 is 4.74 Å². The zero-order valence-electron chi connectivity index (χ0n) is 24.2. The van der Waals surface area contributed by atoms with Gasteiger partial charge in [0.15, 0.2) is 16.6 Å². The number of hydrogen-bond donors (Lipinski definition) is 1. The van der Waals surface area contributed by atoms with Crippen LogP contribution in [0, 0.1) is 11.8 Å². The maximum atomic E-state index is 10.8. The van der Waals surface area contributed by atoms with Gasteiger partial charge in [-0.15, -0.1) is 12.5 Å². The minimum Gasteiger partial charge on any atom is -0.496 e. The number of ether oxygens (including phenoxy) is 1. The van der Waals surface area contributed by atoms with Gasteiger partial charge in [0.25, 0.3) is 0 Å². The fraction of sp³-hybridized carbons (Fsp3) is 0.655. The van der Waals surface area contributed by atoms with Crippen molar-refractivity contribution in [2.45, 2.75) is 109 Å².